The summed E-state index contributed by atoms with van der Waals surface area (Å²) in [6.45, 7) is 0. The normalized spacial score (nSPS) is 5.33. The monoisotopic (exact) mass is 214 g/mol. The van der Waals surface area contributed by atoms with Crippen molar-refractivity contribution in [2.75, 3.05) is 0 Å². The van der Waals surface area contributed by atoms with Crippen LogP contribution in [-0.4, -0.2) is 78.2 Å². The maximum atomic E-state index is 8.56. The van der Waals surface area contributed by atoms with Crippen molar-refractivity contribution in [3.8, 4) is 0 Å². The number of carboxylic acid groups (broad SMARTS) is 4. The van der Waals surface area contributed by atoms with Crippen LogP contribution in [0.4, 0.5) is 9.59 Å². The molecule has 0 heterocycles. The van der Waals surface area contributed by atoms with Crippen molar-refractivity contribution in [3.63, 3.8) is 0 Å². The summed E-state index contributed by atoms with van der Waals surface area (Å²) in [5.74, 6) is 0. The molecule has 0 unspecified atom stereocenters. The van der Waals surface area contributed by atoms with E-state index in [2.05, 4.69) is 0 Å². The molecule has 0 amide bonds. The van der Waals surface area contributed by atoms with Crippen molar-refractivity contribution < 1.29 is 32.9 Å². The van der Waals surface area contributed by atoms with Gasteiger partial charge < -0.3 is 23.3 Å². The van der Waals surface area contributed by atoms with Gasteiger partial charge in [-0.15, -0.1) is 0 Å². The van der Waals surface area contributed by atoms with Gasteiger partial charge in [0.1, 0.15) is 0 Å². The first-order valence-electron chi connectivity index (χ1n) is 1.30. The number of hydrogen-bond acceptors (Lipinski definition) is 2. The molecule has 7 heteroatoms. The fraction of sp³-hybridized carbons (Fsp3) is 0. The quantitative estimate of drug-likeness (QED) is 0.430. The second-order valence-electron chi connectivity index (χ2n) is 0.565. The Balaban J connectivity index is -0.0000000171. The summed E-state index contributed by atoms with van der Waals surface area (Å²) >= 11 is 0. The maximum absolute atomic E-state index is 8.56. The summed E-state index contributed by atoms with van der Waals surface area (Å²) in [6, 6.07) is 0. The van der Waals surface area contributed by atoms with Gasteiger partial charge in [0.2, 0.25) is 0 Å². The molecule has 0 fully saturated rings. The van der Waals surface area contributed by atoms with Gasteiger partial charge in [0.25, 0.3) is 0 Å². The van der Waals surface area contributed by atoms with E-state index in [0.29, 0.717) is 0 Å². The van der Waals surface area contributed by atoms with Crippen LogP contribution in [0.1, 0.15) is 2.85 Å². The SMILES string of the molecule is O=C(O)O.O=C(O)O.[H-].[H-].[Sr+2]. The second kappa shape index (κ2) is 10.9. The van der Waals surface area contributed by atoms with Crippen LogP contribution in [-0.2, 0) is 0 Å². The Hall–Kier alpha value is 0.0205. The van der Waals surface area contributed by atoms with Crippen molar-refractivity contribution in [1.82, 2.24) is 0 Å². The Morgan fingerprint density at radius 3 is 0.889 bits per heavy atom. The van der Waals surface area contributed by atoms with E-state index in [1.807, 2.05) is 0 Å². The van der Waals surface area contributed by atoms with Crippen molar-refractivity contribution in [1.29, 1.82) is 0 Å². The molecule has 0 atom stereocenters. The Labute approximate surface area is 90.0 Å². The van der Waals surface area contributed by atoms with E-state index in [1.165, 1.54) is 0 Å². The third kappa shape index (κ3) is 690000. The van der Waals surface area contributed by atoms with Crippen LogP contribution in [0.25, 0.3) is 0 Å². The van der Waals surface area contributed by atoms with Crippen LogP contribution in [0.5, 0.6) is 0 Å². The summed E-state index contributed by atoms with van der Waals surface area (Å²) in [5, 5.41) is 27.9. The molecule has 52 valence electrons. The van der Waals surface area contributed by atoms with E-state index in [-0.39, 0.29) is 48.3 Å². The molecule has 0 aromatic carbocycles. The fourth-order valence-electron chi connectivity index (χ4n) is 0. The molecule has 9 heavy (non-hydrogen) atoms. The zero-order valence-corrected chi connectivity index (χ0v) is 7.79. The minimum absolute atomic E-state index is 0. The largest absolute Gasteiger partial charge is 2.00 e. The van der Waals surface area contributed by atoms with Gasteiger partial charge in [-0.25, -0.2) is 9.59 Å². The molecular formula is C2H6O6Sr. The van der Waals surface area contributed by atoms with E-state index in [4.69, 9.17) is 30.0 Å². The number of rotatable bonds is 0. The smallest absolute Gasteiger partial charge is 1.00 e. The van der Waals surface area contributed by atoms with Gasteiger partial charge >= 0.3 is 57.8 Å². The average molecular weight is 214 g/mol. The van der Waals surface area contributed by atoms with E-state index < -0.39 is 12.3 Å². The molecule has 0 saturated carbocycles. The molecule has 0 spiro atoms. The first-order valence-corrected chi connectivity index (χ1v) is 1.30. The Kier molecular flexibility index (Phi) is 19.4. The first kappa shape index (κ1) is 16.0. The number of hydrogen-bond donors (Lipinski definition) is 4. The molecule has 0 aliphatic heterocycles. The summed E-state index contributed by atoms with van der Waals surface area (Å²) in [7, 11) is 0. The molecule has 0 rings (SSSR count). The van der Waals surface area contributed by atoms with E-state index in [9.17, 15) is 0 Å². The molecular weight excluding hydrogens is 208 g/mol. The van der Waals surface area contributed by atoms with Crippen molar-refractivity contribution in [2.45, 2.75) is 0 Å². The molecule has 0 bridgehead atoms. The first-order chi connectivity index (χ1) is 3.46. The zero-order valence-electron chi connectivity index (χ0n) is 6.31. The van der Waals surface area contributed by atoms with Crippen molar-refractivity contribution >= 4 is 57.8 Å². The minimum Gasteiger partial charge on any atom is -1.00 e. The third-order valence-electron chi connectivity index (χ3n) is 0. The predicted molar refractivity (Wildman–Crippen MR) is 29.3 cm³/mol. The van der Waals surface area contributed by atoms with Gasteiger partial charge in [-0.05, 0) is 0 Å². The Morgan fingerprint density at radius 1 is 0.889 bits per heavy atom. The molecule has 0 radical (unpaired) electrons. The molecule has 4 N–H and O–H groups in total. The zero-order chi connectivity index (χ0) is 7.15. The standard InChI is InChI=1S/2CH2O3.Sr.2H/c2*2-1(3)4;;;/h2*(H2,2,3,4);;;/q;;+2;2*-1. The van der Waals surface area contributed by atoms with Gasteiger partial charge in [-0.2, -0.15) is 0 Å². The minimum atomic E-state index is -1.83. The van der Waals surface area contributed by atoms with Crippen LogP contribution in [0.2, 0.25) is 0 Å². The molecule has 6 nitrogen and oxygen atoms in total. The Bertz CT molecular complexity index is 76.6. The maximum Gasteiger partial charge on any atom is 2.00 e. The molecule has 0 aromatic rings. The summed E-state index contributed by atoms with van der Waals surface area (Å²) in [4.78, 5) is 17.1. The van der Waals surface area contributed by atoms with Crippen LogP contribution in [0.3, 0.4) is 0 Å². The fourth-order valence-corrected chi connectivity index (χ4v) is 0. The average Bonchev–Trinajstić information content (AvgIpc) is 1.25. The number of carbonyl (C=O) groups is 2. The van der Waals surface area contributed by atoms with Gasteiger partial charge in [0.05, 0.1) is 0 Å². The molecule has 0 aliphatic carbocycles. The topological polar surface area (TPSA) is 115 Å². The van der Waals surface area contributed by atoms with Crippen LogP contribution >= 0.6 is 0 Å². The summed E-state index contributed by atoms with van der Waals surface area (Å²) in [5.41, 5.74) is 0. The summed E-state index contributed by atoms with van der Waals surface area (Å²) < 4.78 is 0. The van der Waals surface area contributed by atoms with E-state index in [0.717, 1.165) is 0 Å². The Morgan fingerprint density at radius 2 is 0.889 bits per heavy atom. The second-order valence-corrected chi connectivity index (χ2v) is 0.565. The molecule has 0 aliphatic rings. The van der Waals surface area contributed by atoms with E-state index >= 15 is 0 Å². The van der Waals surface area contributed by atoms with Crippen molar-refractivity contribution in [2.24, 2.45) is 0 Å². The molecule has 0 saturated heterocycles. The van der Waals surface area contributed by atoms with Crippen LogP contribution in [0.15, 0.2) is 0 Å². The van der Waals surface area contributed by atoms with Gasteiger partial charge in [-0.3, -0.25) is 0 Å². The van der Waals surface area contributed by atoms with Crippen LogP contribution < -0.4 is 0 Å². The van der Waals surface area contributed by atoms with Gasteiger partial charge in [-0.1, -0.05) is 0 Å². The predicted octanol–water partition coefficient (Wildman–Crippen LogP) is 0.289. The summed E-state index contributed by atoms with van der Waals surface area (Å²) in [6.07, 6.45) is -3.67. The van der Waals surface area contributed by atoms with Gasteiger partial charge in [0.15, 0.2) is 0 Å². The van der Waals surface area contributed by atoms with E-state index in [1.54, 1.807) is 0 Å². The van der Waals surface area contributed by atoms with Crippen molar-refractivity contribution in [3.05, 3.63) is 0 Å². The van der Waals surface area contributed by atoms with Crippen LogP contribution in [0, 0.1) is 0 Å². The molecule has 0 aromatic heterocycles. The van der Waals surface area contributed by atoms with Gasteiger partial charge in [0, 0.05) is 0 Å². The third-order valence-corrected chi connectivity index (χ3v) is 0.